The van der Waals surface area contributed by atoms with E-state index in [1.54, 1.807) is 0 Å². The molecule has 0 spiro atoms. The highest BCUT2D eigenvalue weighted by molar-refractivity contribution is 6.26. The summed E-state index contributed by atoms with van der Waals surface area (Å²) in [6, 6.07) is 77.3. The Bertz CT molecular complexity index is 3790. The molecule has 13 rings (SSSR count). The summed E-state index contributed by atoms with van der Waals surface area (Å²) >= 11 is 0. The van der Waals surface area contributed by atoms with Crippen molar-refractivity contribution in [2.24, 2.45) is 0 Å². The Hall–Kier alpha value is -7.54. The van der Waals surface area contributed by atoms with Gasteiger partial charge in [0.15, 0.2) is 0 Å². The first-order valence-electron chi connectivity index (χ1n) is 21.5. The molecule has 0 radical (unpaired) electrons. The lowest BCUT2D eigenvalue weighted by molar-refractivity contribution is 0.667. The Morgan fingerprint density at radius 3 is 1.46 bits per heavy atom. The van der Waals surface area contributed by atoms with Crippen molar-refractivity contribution in [2.45, 2.75) is 19.3 Å². The molecule has 0 atom stereocenters. The van der Waals surface area contributed by atoms with Gasteiger partial charge in [0.1, 0.15) is 0 Å². The number of hydrogen-bond donors (Lipinski definition) is 0. The van der Waals surface area contributed by atoms with Gasteiger partial charge < -0.3 is 0 Å². The van der Waals surface area contributed by atoms with Crippen LogP contribution in [0.3, 0.4) is 0 Å². The first-order valence-corrected chi connectivity index (χ1v) is 21.5. The smallest absolute Gasteiger partial charge is 0.0165 e. The summed E-state index contributed by atoms with van der Waals surface area (Å²) in [6.45, 7) is 4.83. The highest BCUT2D eigenvalue weighted by atomic mass is 14.4. The van der Waals surface area contributed by atoms with Gasteiger partial charge in [-0.2, -0.15) is 0 Å². The molecule has 0 saturated heterocycles. The van der Waals surface area contributed by atoms with Crippen LogP contribution < -0.4 is 0 Å². The lowest BCUT2D eigenvalue weighted by Crippen LogP contribution is -2.15. The molecule has 0 nitrogen and oxygen atoms in total. The molecule has 1 aliphatic rings. The van der Waals surface area contributed by atoms with Gasteiger partial charge in [0.25, 0.3) is 0 Å². The summed E-state index contributed by atoms with van der Waals surface area (Å²) in [5.41, 5.74) is 13.0. The van der Waals surface area contributed by atoms with Crippen molar-refractivity contribution in [1.82, 2.24) is 0 Å². The van der Waals surface area contributed by atoms with Crippen molar-refractivity contribution >= 4 is 75.4 Å². The Kier molecular flexibility index (Phi) is 7.17. The van der Waals surface area contributed by atoms with E-state index in [2.05, 4.69) is 220 Å². The van der Waals surface area contributed by atoms with Crippen LogP contribution in [0.5, 0.6) is 0 Å². The topological polar surface area (TPSA) is 0 Å². The van der Waals surface area contributed by atoms with Gasteiger partial charge in [0.05, 0.1) is 0 Å². The van der Waals surface area contributed by atoms with E-state index >= 15 is 0 Å². The van der Waals surface area contributed by atoms with Crippen molar-refractivity contribution in [3.8, 4) is 44.5 Å². The Morgan fingerprint density at radius 2 is 0.770 bits per heavy atom. The summed E-state index contributed by atoms with van der Waals surface area (Å²) in [6.07, 6.45) is 0. The monoisotopic (exact) mass is 772 g/mol. The maximum absolute atomic E-state index is 2.46. The molecule has 1 aliphatic carbocycles. The summed E-state index contributed by atoms with van der Waals surface area (Å²) in [7, 11) is 0. The second-order valence-corrected chi connectivity index (χ2v) is 17.5. The molecule has 0 unspecified atom stereocenters. The second-order valence-electron chi connectivity index (χ2n) is 17.5. The number of hydrogen-bond acceptors (Lipinski definition) is 0. The Labute approximate surface area is 355 Å². The van der Waals surface area contributed by atoms with Crippen LogP contribution in [0.1, 0.15) is 25.0 Å². The zero-order valence-electron chi connectivity index (χ0n) is 34.1. The zero-order chi connectivity index (χ0) is 40.4. The van der Waals surface area contributed by atoms with Crippen molar-refractivity contribution < 1.29 is 0 Å². The largest absolute Gasteiger partial charge is 0.0616 e. The van der Waals surface area contributed by atoms with Crippen LogP contribution in [0.2, 0.25) is 0 Å². The third kappa shape index (κ3) is 4.82. The van der Waals surface area contributed by atoms with Crippen LogP contribution in [0.4, 0.5) is 0 Å². The number of fused-ring (bicyclic) bond motifs is 15. The molecular formula is C61H40. The van der Waals surface area contributed by atoms with Crippen LogP contribution in [0, 0.1) is 0 Å². The minimum absolute atomic E-state index is 0.147. The van der Waals surface area contributed by atoms with Gasteiger partial charge in [-0.15, -0.1) is 0 Å². The Morgan fingerprint density at radius 1 is 0.262 bits per heavy atom. The molecule has 0 saturated carbocycles. The fraction of sp³-hybridized carbons (Fsp3) is 0.0492. The maximum Gasteiger partial charge on any atom is 0.0165 e. The lowest BCUT2D eigenvalue weighted by Gasteiger charge is -2.24. The van der Waals surface area contributed by atoms with Crippen molar-refractivity contribution in [3.05, 3.63) is 217 Å². The van der Waals surface area contributed by atoms with Gasteiger partial charge in [-0.3, -0.25) is 0 Å². The lowest BCUT2D eigenvalue weighted by atomic mass is 9.78. The van der Waals surface area contributed by atoms with Gasteiger partial charge in [-0.1, -0.05) is 202 Å². The fourth-order valence-electron chi connectivity index (χ4n) is 11.3. The number of rotatable bonds is 3. The van der Waals surface area contributed by atoms with E-state index in [9.17, 15) is 0 Å². The molecule has 284 valence electrons. The van der Waals surface area contributed by atoms with E-state index in [1.807, 2.05) is 0 Å². The van der Waals surface area contributed by atoms with E-state index in [0.717, 1.165) is 0 Å². The van der Waals surface area contributed by atoms with Crippen molar-refractivity contribution in [3.63, 3.8) is 0 Å². The van der Waals surface area contributed by atoms with Gasteiger partial charge in [-0.25, -0.2) is 0 Å². The quantitative estimate of drug-likeness (QED) is 0.124. The normalized spacial score (nSPS) is 13.2. The molecule has 0 N–H and O–H groups in total. The standard InChI is InChI=1S/C61H40/c1-61(2)55-33-31-37-16-3-6-21-43(37)58(55)59-47-25-10-9-24-46(47)53-35-39(30-32-52(53)60(59)61)38-18-15-19-41(34-38)56-48-26-11-13-28-50(48)57(51-29-14-12-27-49(51)56)54-36-40-17-4-5-20-42(40)44-22-7-8-23-45(44)54/h3-36H,1-2H3. The third-order valence-electron chi connectivity index (χ3n) is 14.0. The average Bonchev–Trinajstić information content (AvgIpc) is 3.57. The molecule has 0 bridgehead atoms. The number of benzene rings is 12. The summed E-state index contributed by atoms with van der Waals surface area (Å²) < 4.78 is 0. The first kappa shape index (κ1) is 34.3. The van der Waals surface area contributed by atoms with E-state index in [0.29, 0.717) is 0 Å². The van der Waals surface area contributed by atoms with E-state index in [-0.39, 0.29) is 5.41 Å². The third-order valence-corrected chi connectivity index (χ3v) is 14.0. The van der Waals surface area contributed by atoms with Crippen LogP contribution in [-0.4, -0.2) is 0 Å². The van der Waals surface area contributed by atoms with Crippen LogP contribution in [0.25, 0.3) is 120 Å². The predicted octanol–water partition coefficient (Wildman–Crippen LogP) is 17.1. The van der Waals surface area contributed by atoms with E-state index in [1.165, 1.54) is 131 Å². The summed E-state index contributed by atoms with van der Waals surface area (Å²) in [4.78, 5) is 0. The zero-order valence-corrected chi connectivity index (χ0v) is 34.1. The van der Waals surface area contributed by atoms with Crippen molar-refractivity contribution in [2.75, 3.05) is 0 Å². The minimum atomic E-state index is -0.147. The average molecular weight is 773 g/mol. The molecule has 0 heterocycles. The van der Waals surface area contributed by atoms with Crippen molar-refractivity contribution in [1.29, 1.82) is 0 Å². The Balaban J connectivity index is 1.03. The SMILES string of the molecule is CC1(C)c2ccc3ccccc3c2-c2c1c1ccc(-c3cccc(-c4c5ccccc5c(-c5cc6ccccc6c6ccccc56)c5ccccc45)c3)cc1c1ccccc21. The van der Waals surface area contributed by atoms with Crippen LogP contribution >= 0.6 is 0 Å². The van der Waals surface area contributed by atoms with Crippen LogP contribution in [-0.2, 0) is 5.41 Å². The predicted molar refractivity (Wildman–Crippen MR) is 263 cm³/mol. The highest BCUT2D eigenvalue weighted by Crippen LogP contribution is 2.57. The van der Waals surface area contributed by atoms with Gasteiger partial charge in [0.2, 0.25) is 0 Å². The summed E-state index contributed by atoms with van der Waals surface area (Å²) in [5, 5.41) is 18.1. The van der Waals surface area contributed by atoms with Gasteiger partial charge in [0, 0.05) is 5.41 Å². The molecule has 0 aromatic heterocycles. The van der Waals surface area contributed by atoms with Gasteiger partial charge >= 0.3 is 0 Å². The summed E-state index contributed by atoms with van der Waals surface area (Å²) in [5.74, 6) is 0. The highest BCUT2D eigenvalue weighted by Gasteiger charge is 2.39. The molecule has 0 amide bonds. The van der Waals surface area contributed by atoms with Gasteiger partial charge in [-0.05, 0) is 149 Å². The molecule has 61 heavy (non-hydrogen) atoms. The minimum Gasteiger partial charge on any atom is -0.0616 e. The molecule has 0 fully saturated rings. The molecule has 12 aromatic carbocycles. The fourth-order valence-corrected chi connectivity index (χ4v) is 11.3. The molecule has 0 aliphatic heterocycles. The first-order chi connectivity index (χ1) is 30.0. The van der Waals surface area contributed by atoms with E-state index in [4.69, 9.17) is 0 Å². The molecule has 12 aromatic rings. The van der Waals surface area contributed by atoms with Crippen LogP contribution in [0.15, 0.2) is 206 Å². The molecular weight excluding hydrogens is 733 g/mol. The van der Waals surface area contributed by atoms with E-state index < -0.39 is 0 Å². The molecule has 0 heteroatoms. The second kappa shape index (κ2) is 12.7. The maximum atomic E-state index is 2.46.